The maximum atomic E-state index is 12.0. The minimum Gasteiger partial charge on any atom is -0.344 e. The Labute approximate surface area is 126 Å². The van der Waals surface area contributed by atoms with Crippen molar-refractivity contribution >= 4 is 38.3 Å². The molecule has 2 amide bonds. The number of aromatic nitrogens is 1. The Kier molecular flexibility index (Phi) is 4.04. The molecule has 0 saturated carbocycles. The SMILES string of the molecule is Cc1nc(N2CC(S(N)(=O)=O)CC2=O)sc1C(=O)N(C)C. The zero-order valence-electron chi connectivity index (χ0n) is 11.9. The third kappa shape index (κ3) is 3.06. The monoisotopic (exact) mass is 332 g/mol. The summed E-state index contributed by atoms with van der Waals surface area (Å²) < 4.78 is 22.7. The maximum Gasteiger partial charge on any atom is 0.265 e. The second-order valence-corrected chi connectivity index (χ2v) is 7.85. The van der Waals surface area contributed by atoms with Crippen molar-refractivity contribution in [2.45, 2.75) is 18.6 Å². The third-order valence-electron chi connectivity index (χ3n) is 3.17. The summed E-state index contributed by atoms with van der Waals surface area (Å²) in [7, 11) is -0.522. The topological polar surface area (TPSA) is 114 Å². The predicted molar refractivity (Wildman–Crippen MR) is 78.7 cm³/mol. The van der Waals surface area contributed by atoms with E-state index in [9.17, 15) is 18.0 Å². The maximum absolute atomic E-state index is 12.0. The van der Waals surface area contributed by atoms with E-state index in [-0.39, 0.29) is 24.8 Å². The molecule has 116 valence electrons. The lowest BCUT2D eigenvalue weighted by Gasteiger charge is -2.12. The van der Waals surface area contributed by atoms with Gasteiger partial charge in [0.05, 0.1) is 5.69 Å². The van der Waals surface area contributed by atoms with Crippen LogP contribution in [0, 0.1) is 6.92 Å². The average Bonchev–Trinajstić information content (AvgIpc) is 2.91. The minimum absolute atomic E-state index is 0.0276. The number of amides is 2. The first-order valence-corrected chi connectivity index (χ1v) is 8.55. The molecule has 8 nitrogen and oxygen atoms in total. The molecule has 10 heteroatoms. The Morgan fingerprint density at radius 1 is 1.48 bits per heavy atom. The van der Waals surface area contributed by atoms with E-state index >= 15 is 0 Å². The molecule has 0 radical (unpaired) electrons. The van der Waals surface area contributed by atoms with Crippen molar-refractivity contribution in [2.75, 3.05) is 25.5 Å². The van der Waals surface area contributed by atoms with Crippen molar-refractivity contribution in [3.63, 3.8) is 0 Å². The van der Waals surface area contributed by atoms with E-state index in [1.807, 2.05) is 0 Å². The van der Waals surface area contributed by atoms with Gasteiger partial charge in [0.1, 0.15) is 10.1 Å². The average molecular weight is 332 g/mol. The molecule has 0 aliphatic carbocycles. The summed E-state index contributed by atoms with van der Waals surface area (Å²) in [6.45, 7) is 1.65. The van der Waals surface area contributed by atoms with Crippen molar-refractivity contribution in [3.05, 3.63) is 10.6 Å². The number of nitrogens with zero attached hydrogens (tertiary/aromatic N) is 3. The van der Waals surface area contributed by atoms with Gasteiger partial charge in [-0.15, -0.1) is 0 Å². The van der Waals surface area contributed by atoms with Crippen LogP contribution in [-0.2, 0) is 14.8 Å². The fourth-order valence-electron chi connectivity index (χ4n) is 1.98. The zero-order chi connectivity index (χ0) is 15.9. The highest BCUT2D eigenvalue weighted by atomic mass is 32.2. The van der Waals surface area contributed by atoms with Crippen LogP contribution in [0.4, 0.5) is 5.13 Å². The van der Waals surface area contributed by atoms with Crippen LogP contribution < -0.4 is 10.0 Å². The molecule has 0 spiro atoms. The van der Waals surface area contributed by atoms with E-state index in [1.54, 1.807) is 21.0 Å². The van der Waals surface area contributed by atoms with Gasteiger partial charge in [-0.1, -0.05) is 11.3 Å². The van der Waals surface area contributed by atoms with Crippen LogP contribution >= 0.6 is 11.3 Å². The molecule has 2 N–H and O–H groups in total. The number of carbonyl (C=O) groups excluding carboxylic acids is 2. The Balaban J connectivity index is 2.30. The van der Waals surface area contributed by atoms with Crippen molar-refractivity contribution in [1.29, 1.82) is 0 Å². The van der Waals surface area contributed by atoms with Gasteiger partial charge in [-0.3, -0.25) is 14.5 Å². The van der Waals surface area contributed by atoms with Gasteiger partial charge in [0.2, 0.25) is 15.9 Å². The number of aryl methyl sites for hydroxylation is 1. The summed E-state index contributed by atoms with van der Waals surface area (Å²) in [4.78, 5) is 31.2. The second-order valence-electron chi connectivity index (χ2n) is 5.03. The summed E-state index contributed by atoms with van der Waals surface area (Å²) in [5, 5.41) is 4.48. The summed E-state index contributed by atoms with van der Waals surface area (Å²) >= 11 is 1.08. The molecule has 1 atom stereocenters. The second kappa shape index (κ2) is 5.35. The molecule has 21 heavy (non-hydrogen) atoms. The predicted octanol–water partition coefficient (Wildman–Crippen LogP) is -0.453. The number of primary sulfonamides is 1. The molecule has 2 heterocycles. The van der Waals surface area contributed by atoms with Crippen LogP contribution in [0.1, 0.15) is 21.8 Å². The number of anilines is 1. The number of carbonyl (C=O) groups is 2. The van der Waals surface area contributed by atoms with Crippen LogP contribution in [0.25, 0.3) is 0 Å². The molecule has 2 rings (SSSR count). The Morgan fingerprint density at radius 2 is 2.10 bits per heavy atom. The molecule has 1 aliphatic rings. The van der Waals surface area contributed by atoms with E-state index in [2.05, 4.69) is 4.98 Å². The first-order valence-electron chi connectivity index (χ1n) is 6.12. The third-order valence-corrected chi connectivity index (χ3v) is 5.58. The van der Waals surface area contributed by atoms with E-state index in [1.165, 1.54) is 9.80 Å². The molecular weight excluding hydrogens is 316 g/mol. The lowest BCUT2D eigenvalue weighted by Crippen LogP contribution is -2.32. The summed E-state index contributed by atoms with van der Waals surface area (Å²) in [6, 6.07) is 0. The fraction of sp³-hybridized carbons (Fsp3) is 0.545. The molecule has 0 bridgehead atoms. The summed E-state index contributed by atoms with van der Waals surface area (Å²) in [5.74, 6) is -0.558. The van der Waals surface area contributed by atoms with E-state index in [0.717, 1.165) is 11.3 Å². The first-order chi connectivity index (χ1) is 9.61. The van der Waals surface area contributed by atoms with Crippen LogP contribution in [0.15, 0.2) is 0 Å². The Hall–Kier alpha value is -1.52. The van der Waals surface area contributed by atoms with Crippen molar-refractivity contribution < 1.29 is 18.0 Å². The minimum atomic E-state index is -3.77. The quantitative estimate of drug-likeness (QED) is 0.805. The molecule has 1 saturated heterocycles. The lowest BCUT2D eigenvalue weighted by atomic mass is 10.3. The van der Waals surface area contributed by atoms with Gasteiger partial charge < -0.3 is 4.90 Å². The van der Waals surface area contributed by atoms with E-state index < -0.39 is 15.3 Å². The van der Waals surface area contributed by atoms with E-state index in [4.69, 9.17) is 5.14 Å². The highest BCUT2D eigenvalue weighted by molar-refractivity contribution is 7.89. The standard InChI is InChI=1S/C11H16N4O4S2/c1-6-9(10(17)14(2)3)20-11(13-6)15-5-7(4-8(15)16)21(12,18)19/h7H,4-5H2,1-3H3,(H2,12,18,19). The van der Waals surface area contributed by atoms with Gasteiger partial charge in [0, 0.05) is 27.1 Å². The number of nitrogens with two attached hydrogens (primary N) is 1. The van der Waals surface area contributed by atoms with Crippen LogP contribution in [-0.4, -0.2) is 56.0 Å². The summed E-state index contributed by atoms with van der Waals surface area (Å²) in [5.41, 5.74) is 0.514. The van der Waals surface area contributed by atoms with Gasteiger partial charge in [-0.2, -0.15) is 0 Å². The molecule has 1 fully saturated rings. The molecule has 1 aromatic rings. The molecule has 0 aromatic carbocycles. The highest BCUT2D eigenvalue weighted by Crippen LogP contribution is 2.31. The van der Waals surface area contributed by atoms with Gasteiger partial charge in [-0.05, 0) is 6.92 Å². The van der Waals surface area contributed by atoms with Crippen LogP contribution in [0.5, 0.6) is 0 Å². The van der Waals surface area contributed by atoms with Crippen LogP contribution in [0.2, 0.25) is 0 Å². The lowest BCUT2D eigenvalue weighted by molar-refractivity contribution is -0.117. The van der Waals surface area contributed by atoms with Gasteiger partial charge >= 0.3 is 0 Å². The van der Waals surface area contributed by atoms with Crippen molar-refractivity contribution in [2.24, 2.45) is 5.14 Å². The largest absolute Gasteiger partial charge is 0.344 e. The summed E-state index contributed by atoms with van der Waals surface area (Å²) in [6.07, 6.45) is -0.158. The fourth-order valence-corrected chi connectivity index (χ4v) is 3.83. The normalized spacial score (nSPS) is 19.1. The number of rotatable bonds is 3. The molecular formula is C11H16N4O4S2. The number of hydrogen-bond acceptors (Lipinski definition) is 6. The smallest absolute Gasteiger partial charge is 0.265 e. The van der Waals surface area contributed by atoms with Crippen LogP contribution in [0.3, 0.4) is 0 Å². The Morgan fingerprint density at radius 3 is 2.57 bits per heavy atom. The zero-order valence-corrected chi connectivity index (χ0v) is 13.5. The highest BCUT2D eigenvalue weighted by Gasteiger charge is 2.38. The van der Waals surface area contributed by atoms with Gasteiger partial charge in [-0.25, -0.2) is 18.5 Å². The first kappa shape index (κ1) is 15.9. The Bertz CT molecular complexity index is 695. The van der Waals surface area contributed by atoms with Gasteiger partial charge in [0.15, 0.2) is 5.13 Å². The number of sulfonamides is 1. The number of thiazole rings is 1. The molecule has 1 aliphatic heterocycles. The van der Waals surface area contributed by atoms with Crippen molar-refractivity contribution in [3.8, 4) is 0 Å². The van der Waals surface area contributed by atoms with E-state index in [0.29, 0.717) is 15.7 Å². The van der Waals surface area contributed by atoms with Gasteiger partial charge in [0.25, 0.3) is 5.91 Å². The number of hydrogen-bond donors (Lipinski definition) is 1. The molecule has 1 unspecified atom stereocenters. The van der Waals surface area contributed by atoms with Crippen molar-refractivity contribution in [1.82, 2.24) is 9.88 Å². The molecule has 1 aromatic heterocycles.